The van der Waals surface area contributed by atoms with Crippen molar-refractivity contribution in [2.24, 2.45) is 16.7 Å². The Morgan fingerprint density at radius 2 is 2.08 bits per heavy atom. The molecule has 25 heavy (non-hydrogen) atoms. The first-order valence-corrected chi connectivity index (χ1v) is 8.54. The Morgan fingerprint density at radius 3 is 2.88 bits per heavy atom. The van der Waals surface area contributed by atoms with Crippen molar-refractivity contribution in [3.8, 4) is 0 Å². The van der Waals surface area contributed by atoms with E-state index in [4.69, 9.17) is 13.9 Å². The summed E-state index contributed by atoms with van der Waals surface area (Å²) in [5, 5.41) is 0. The van der Waals surface area contributed by atoms with E-state index in [1.807, 2.05) is 24.3 Å². The SMILES string of the molecule is C[C@]12C[C@H](c3ccoc3)OC(=O)C1=CC[C@@]13COC(=O)C1=CC=C[C@H]32. The van der Waals surface area contributed by atoms with E-state index >= 15 is 0 Å². The highest BCUT2D eigenvalue weighted by atomic mass is 16.5. The van der Waals surface area contributed by atoms with Crippen molar-refractivity contribution >= 4 is 11.9 Å². The molecule has 1 aromatic heterocycles. The normalized spacial score (nSPS) is 38.8. The average Bonchev–Trinajstić information content (AvgIpc) is 3.23. The molecule has 0 aromatic carbocycles. The number of cyclic esters (lactones) is 2. The van der Waals surface area contributed by atoms with Crippen LogP contribution in [-0.2, 0) is 19.1 Å². The van der Waals surface area contributed by atoms with Crippen LogP contribution in [0.2, 0.25) is 0 Å². The summed E-state index contributed by atoms with van der Waals surface area (Å²) in [6, 6.07) is 1.83. The molecule has 0 saturated carbocycles. The summed E-state index contributed by atoms with van der Waals surface area (Å²) in [5.41, 5.74) is 1.52. The minimum atomic E-state index is -0.417. The highest BCUT2D eigenvalue weighted by Crippen LogP contribution is 2.63. The second-order valence-corrected chi connectivity index (χ2v) is 7.57. The molecule has 2 aliphatic carbocycles. The molecule has 0 N–H and O–H groups in total. The molecule has 2 aliphatic heterocycles. The van der Waals surface area contributed by atoms with E-state index in [0.717, 1.165) is 11.1 Å². The van der Waals surface area contributed by atoms with Crippen LogP contribution in [0, 0.1) is 16.7 Å². The molecule has 0 amide bonds. The number of furan rings is 1. The van der Waals surface area contributed by atoms with E-state index in [-0.39, 0.29) is 29.4 Å². The minimum absolute atomic E-state index is 0.0219. The van der Waals surface area contributed by atoms with Gasteiger partial charge in [0.05, 0.1) is 12.5 Å². The Balaban J connectivity index is 1.62. The van der Waals surface area contributed by atoms with Gasteiger partial charge in [0.15, 0.2) is 0 Å². The summed E-state index contributed by atoms with van der Waals surface area (Å²) in [4.78, 5) is 24.9. The number of fused-ring (bicyclic) bond motifs is 2. The van der Waals surface area contributed by atoms with Gasteiger partial charge in [0.1, 0.15) is 12.7 Å². The van der Waals surface area contributed by atoms with Gasteiger partial charge in [0, 0.05) is 33.5 Å². The van der Waals surface area contributed by atoms with Crippen LogP contribution in [0.4, 0.5) is 0 Å². The molecule has 5 rings (SSSR count). The van der Waals surface area contributed by atoms with Crippen molar-refractivity contribution in [2.75, 3.05) is 6.61 Å². The lowest BCUT2D eigenvalue weighted by molar-refractivity contribution is -0.156. The zero-order valence-electron chi connectivity index (χ0n) is 13.9. The molecule has 3 heterocycles. The van der Waals surface area contributed by atoms with E-state index in [1.54, 1.807) is 12.5 Å². The highest BCUT2D eigenvalue weighted by molar-refractivity contribution is 5.95. The predicted octanol–water partition coefficient (Wildman–Crippen LogP) is 3.26. The van der Waals surface area contributed by atoms with Gasteiger partial charge in [-0.15, -0.1) is 0 Å². The van der Waals surface area contributed by atoms with Gasteiger partial charge in [-0.05, 0) is 18.9 Å². The number of allylic oxidation sites excluding steroid dienone is 4. The maximum atomic E-state index is 12.7. The first-order valence-electron chi connectivity index (χ1n) is 8.54. The highest BCUT2D eigenvalue weighted by Gasteiger charge is 2.61. The van der Waals surface area contributed by atoms with E-state index in [1.165, 1.54) is 0 Å². The predicted molar refractivity (Wildman–Crippen MR) is 87.1 cm³/mol. The smallest absolute Gasteiger partial charge is 0.334 e. The van der Waals surface area contributed by atoms with Crippen LogP contribution < -0.4 is 0 Å². The second-order valence-electron chi connectivity index (χ2n) is 7.57. The van der Waals surface area contributed by atoms with E-state index < -0.39 is 5.41 Å². The standard InChI is InChI=1S/C20H18O5/c1-19-9-15(12-6-8-23-10-12)25-18(22)13(19)5-7-20-11-24-17(21)14(20)3-2-4-16(19)20/h2-6,8,10,15-16H,7,9,11H2,1H3/t15-,16+,19+,20-/m1/s1. The third-order valence-corrected chi connectivity index (χ3v) is 6.34. The molecular weight excluding hydrogens is 320 g/mol. The fourth-order valence-corrected chi connectivity index (χ4v) is 5.11. The zero-order valence-corrected chi connectivity index (χ0v) is 13.9. The first kappa shape index (κ1) is 14.8. The number of carbonyl (C=O) groups is 2. The molecule has 5 nitrogen and oxygen atoms in total. The maximum Gasteiger partial charge on any atom is 0.334 e. The number of hydrogen-bond acceptors (Lipinski definition) is 5. The fraction of sp³-hybridized carbons (Fsp3) is 0.400. The number of carbonyl (C=O) groups excluding carboxylic acids is 2. The molecule has 2 fully saturated rings. The van der Waals surface area contributed by atoms with Crippen molar-refractivity contribution in [3.63, 3.8) is 0 Å². The van der Waals surface area contributed by atoms with Gasteiger partial charge in [-0.3, -0.25) is 0 Å². The molecule has 128 valence electrons. The lowest BCUT2D eigenvalue weighted by Crippen LogP contribution is -2.51. The summed E-state index contributed by atoms with van der Waals surface area (Å²) >= 11 is 0. The molecule has 4 aliphatic rings. The molecule has 1 spiro atoms. The molecule has 2 saturated heterocycles. The molecule has 0 radical (unpaired) electrons. The summed E-state index contributed by atoms with van der Waals surface area (Å²) in [5.74, 6) is -0.488. The van der Waals surface area contributed by atoms with Crippen LogP contribution in [0.25, 0.3) is 0 Å². The van der Waals surface area contributed by atoms with Crippen LogP contribution in [0.15, 0.2) is 58.5 Å². The van der Waals surface area contributed by atoms with Gasteiger partial charge in [0.2, 0.25) is 0 Å². The van der Waals surface area contributed by atoms with Gasteiger partial charge >= 0.3 is 11.9 Å². The van der Waals surface area contributed by atoms with Crippen LogP contribution in [0.3, 0.4) is 0 Å². The van der Waals surface area contributed by atoms with Gasteiger partial charge in [-0.1, -0.05) is 31.2 Å². The van der Waals surface area contributed by atoms with Gasteiger partial charge in [-0.2, -0.15) is 0 Å². The Kier molecular flexibility index (Phi) is 2.80. The zero-order chi connectivity index (χ0) is 17.2. The van der Waals surface area contributed by atoms with Crippen LogP contribution >= 0.6 is 0 Å². The third kappa shape index (κ3) is 1.78. The molecule has 4 atom stereocenters. The largest absolute Gasteiger partial charge is 0.472 e. The second kappa shape index (κ2) is 4.75. The van der Waals surface area contributed by atoms with E-state index in [0.29, 0.717) is 25.0 Å². The van der Waals surface area contributed by atoms with Crippen LogP contribution in [0.5, 0.6) is 0 Å². The van der Waals surface area contributed by atoms with Crippen molar-refractivity contribution in [1.29, 1.82) is 0 Å². The van der Waals surface area contributed by atoms with Gasteiger partial charge < -0.3 is 13.9 Å². The average molecular weight is 338 g/mol. The maximum absolute atomic E-state index is 12.7. The van der Waals surface area contributed by atoms with Crippen molar-refractivity contribution in [2.45, 2.75) is 25.9 Å². The molecule has 0 unspecified atom stereocenters. The lowest BCUT2D eigenvalue weighted by atomic mass is 9.50. The number of rotatable bonds is 1. The van der Waals surface area contributed by atoms with E-state index in [9.17, 15) is 9.59 Å². The summed E-state index contributed by atoms with van der Waals surface area (Å²) in [6.45, 7) is 2.48. The molecule has 5 heteroatoms. The quantitative estimate of drug-likeness (QED) is 0.735. The number of ether oxygens (including phenoxy) is 2. The molecule has 1 aromatic rings. The van der Waals surface area contributed by atoms with Crippen molar-refractivity contribution in [1.82, 2.24) is 0 Å². The summed E-state index contributed by atoms with van der Waals surface area (Å²) in [6.07, 6.45) is 12.0. The van der Waals surface area contributed by atoms with Crippen molar-refractivity contribution < 1.29 is 23.5 Å². The van der Waals surface area contributed by atoms with Crippen molar-refractivity contribution in [3.05, 3.63) is 59.6 Å². The first-order chi connectivity index (χ1) is 12.0. The Bertz CT molecular complexity index is 859. The van der Waals surface area contributed by atoms with Gasteiger partial charge in [0.25, 0.3) is 0 Å². The number of esters is 2. The topological polar surface area (TPSA) is 65.7 Å². The Hall–Kier alpha value is -2.56. The van der Waals surface area contributed by atoms with Gasteiger partial charge in [-0.25, -0.2) is 9.59 Å². The monoisotopic (exact) mass is 338 g/mol. The Labute approximate surface area is 145 Å². The third-order valence-electron chi connectivity index (χ3n) is 6.34. The Morgan fingerprint density at radius 1 is 1.20 bits per heavy atom. The minimum Gasteiger partial charge on any atom is -0.472 e. The summed E-state index contributed by atoms with van der Waals surface area (Å²) < 4.78 is 16.2. The lowest BCUT2D eigenvalue weighted by Gasteiger charge is -2.53. The van der Waals surface area contributed by atoms with Crippen LogP contribution in [-0.4, -0.2) is 18.5 Å². The molecular formula is C20H18O5. The fourth-order valence-electron chi connectivity index (χ4n) is 5.11. The van der Waals surface area contributed by atoms with Crippen LogP contribution in [0.1, 0.15) is 31.4 Å². The molecule has 0 bridgehead atoms. The number of hydrogen-bond donors (Lipinski definition) is 0. The summed E-state index contributed by atoms with van der Waals surface area (Å²) in [7, 11) is 0. The van der Waals surface area contributed by atoms with E-state index in [2.05, 4.69) is 13.0 Å².